The van der Waals surface area contributed by atoms with Crippen molar-refractivity contribution in [2.75, 3.05) is 18.4 Å². The van der Waals surface area contributed by atoms with E-state index >= 15 is 0 Å². The number of hydrogen-bond acceptors (Lipinski definition) is 3. The first-order valence-corrected chi connectivity index (χ1v) is 7.42. The van der Waals surface area contributed by atoms with Crippen LogP contribution in [0.3, 0.4) is 0 Å². The van der Waals surface area contributed by atoms with Gasteiger partial charge in [-0.1, -0.05) is 0 Å². The number of ether oxygens (including phenoxy) is 2. The molecule has 1 aliphatic heterocycles. The number of morpholine rings is 1. The Balaban J connectivity index is 1.93. The second-order valence-electron chi connectivity index (χ2n) is 5.78. The van der Waals surface area contributed by atoms with Gasteiger partial charge in [0, 0.05) is 18.8 Å². The first kappa shape index (κ1) is 15.6. The van der Waals surface area contributed by atoms with Crippen molar-refractivity contribution in [1.82, 2.24) is 4.90 Å². The van der Waals surface area contributed by atoms with Gasteiger partial charge in [0.1, 0.15) is 5.75 Å². The number of nitrogens with zero attached hydrogens (tertiary/aromatic N) is 1. The van der Waals surface area contributed by atoms with Gasteiger partial charge in [-0.2, -0.15) is 0 Å². The summed E-state index contributed by atoms with van der Waals surface area (Å²) in [5.41, 5.74) is 0.767. The zero-order chi connectivity index (χ0) is 15.4. The van der Waals surface area contributed by atoms with E-state index in [1.54, 1.807) is 4.90 Å². The van der Waals surface area contributed by atoms with Crippen LogP contribution in [0.25, 0.3) is 0 Å². The summed E-state index contributed by atoms with van der Waals surface area (Å²) in [6.45, 7) is 9.16. The standard InChI is InChI=1S/C16H24N2O3/c1-11(2)20-15-7-5-14(6-8-15)17-16(19)18-9-12(3)21-13(4)10-18/h5-8,11-13H,9-10H2,1-4H3,(H,17,19)/t12-,13-/m1/s1. The molecule has 1 aliphatic rings. The summed E-state index contributed by atoms with van der Waals surface area (Å²) in [5, 5.41) is 2.91. The Bertz CT molecular complexity index is 463. The summed E-state index contributed by atoms with van der Waals surface area (Å²) in [5.74, 6) is 0.802. The van der Waals surface area contributed by atoms with Crippen molar-refractivity contribution < 1.29 is 14.3 Å². The molecule has 5 nitrogen and oxygen atoms in total. The van der Waals surface area contributed by atoms with E-state index in [1.165, 1.54) is 0 Å². The highest BCUT2D eigenvalue weighted by molar-refractivity contribution is 5.89. The van der Waals surface area contributed by atoms with E-state index in [0.29, 0.717) is 13.1 Å². The fourth-order valence-electron chi connectivity index (χ4n) is 2.44. The topological polar surface area (TPSA) is 50.8 Å². The number of benzene rings is 1. The molecule has 0 aromatic heterocycles. The molecule has 1 fully saturated rings. The zero-order valence-electron chi connectivity index (χ0n) is 13.1. The fraction of sp³-hybridized carbons (Fsp3) is 0.562. The molecule has 0 radical (unpaired) electrons. The Morgan fingerprint density at radius 2 is 1.81 bits per heavy atom. The van der Waals surface area contributed by atoms with E-state index in [2.05, 4.69) is 5.32 Å². The number of rotatable bonds is 3. The first-order chi connectivity index (χ1) is 9.94. The highest BCUT2D eigenvalue weighted by atomic mass is 16.5. The number of amides is 2. The Kier molecular flexibility index (Phi) is 5.07. The Hall–Kier alpha value is -1.75. The van der Waals surface area contributed by atoms with E-state index in [-0.39, 0.29) is 24.3 Å². The first-order valence-electron chi connectivity index (χ1n) is 7.42. The molecule has 0 spiro atoms. The van der Waals surface area contributed by atoms with Crippen molar-refractivity contribution in [1.29, 1.82) is 0 Å². The molecule has 0 bridgehead atoms. The predicted octanol–water partition coefficient (Wildman–Crippen LogP) is 3.11. The van der Waals surface area contributed by atoms with Gasteiger partial charge in [0.15, 0.2) is 0 Å². The molecule has 21 heavy (non-hydrogen) atoms. The molecule has 0 unspecified atom stereocenters. The molecule has 1 saturated heterocycles. The molecule has 1 aromatic rings. The lowest BCUT2D eigenvalue weighted by Gasteiger charge is -2.35. The summed E-state index contributed by atoms with van der Waals surface area (Å²) in [4.78, 5) is 14.0. The molecule has 2 amide bonds. The average molecular weight is 292 g/mol. The third kappa shape index (κ3) is 4.63. The minimum absolute atomic E-state index is 0.0707. The van der Waals surface area contributed by atoms with Gasteiger partial charge < -0.3 is 19.7 Å². The van der Waals surface area contributed by atoms with Gasteiger partial charge in [0.05, 0.1) is 18.3 Å². The molecule has 2 atom stereocenters. The van der Waals surface area contributed by atoms with Crippen LogP contribution >= 0.6 is 0 Å². The van der Waals surface area contributed by atoms with Gasteiger partial charge in [-0.15, -0.1) is 0 Å². The molecule has 0 aliphatic carbocycles. The van der Waals surface area contributed by atoms with E-state index in [1.807, 2.05) is 52.0 Å². The maximum absolute atomic E-state index is 12.2. The Morgan fingerprint density at radius 3 is 2.33 bits per heavy atom. The summed E-state index contributed by atoms with van der Waals surface area (Å²) < 4.78 is 11.2. The van der Waals surface area contributed by atoms with Crippen LogP contribution in [0.2, 0.25) is 0 Å². The maximum atomic E-state index is 12.2. The van der Waals surface area contributed by atoms with Crippen molar-refractivity contribution in [2.24, 2.45) is 0 Å². The minimum Gasteiger partial charge on any atom is -0.491 e. The molecule has 116 valence electrons. The monoisotopic (exact) mass is 292 g/mol. The van der Waals surface area contributed by atoms with Crippen LogP contribution in [0.15, 0.2) is 24.3 Å². The Morgan fingerprint density at radius 1 is 1.24 bits per heavy atom. The van der Waals surface area contributed by atoms with Gasteiger partial charge in [0.25, 0.3) is 0 Å². The number of urea groups is 1. The third-order valence-corrected chi connectivity index (χ3v) is 3.18. The second-order valence-corrected chi connectivity index (χ2v) is 5.78. The van der Waals surface area contributed by atoms with Crippen LogP contribution < -0.4 is 10.1 Å². The fourth-order valence-corrected chi connectivity index (χ4v) is 2.44. The maximum Gasteiger partial charge on any atom is 0.322 e. The van der Waals surface area contributed by atoms with E-state index in [0.717, 1.165) is 11.4 Å². The van der Waals surface area contributed by atoms with Crippen molar-refractivity contribution in [3.63, 3.8) is 0 Å². The average Bonchev–Trinajstić information content (AvgIpc) is 2.39. The minimum atomic E-state index is -0.0884. The van der Waals surface area contributed by atoms with E-state index in [9.17, 15) is 4.79 Å². The summed E-state index contributed by atoms with van der Waals surface area (Å²) in [6, 6.07) is 7.33. The van der Waals surface area contributed by atoms with Crippen LogP contribution in [0.4, 0.5) is 10.5 Å². The summed E-state index contributed by atoms with van der Waals surface area (Å²) in [6.07, 6.45) is 0.282. The van der Waals surface area contributed by atoms with E-state index in [4.69, 9.17) is 9.47 Å². The van der Waals surface area contributed by atoms with Gasteiger partial charge in [-0.05, 0) is 52.0 Å². The SMILES string of the molecule is CC(C)Oc1ccc(NC(=O)N2C[C@@H](C)O[C@H](C)C2)cc1. The van der Waals surface area contributed by atoms with Crippen molar-refractivity contribution in [2.45, 2.75) is 46.0 Å². The largest absolute Gasteiger partial charge is 0.491 e. The van der Waals surface area contributed by atoms with Gasteiger partial charge in [-0.25, -0.2) is 4.79 Å². The lowest BCUT2D eigenvalue weighted by atomic mass is 10.2. The summed E-state index contributed by atoms with van der Waals surface area (Å²) in [7, 11) is 0. The van der Waals surface area contributed by atoms with Crippen molar-refractivity contribution in [3.05, 3.63) is 24.3 Å². The normalized spacial score (nSPS) is 22.2. The molecule has 1 heterocycles. The molecule has 1 N–H and O–H groups in total. The number of anilines is 1. The van der Waals surface area contributed by atoms with Gasteiger partial charge in [-0.3, -0.25) is 0 Å². The van der Waals surface area contributed by atoms with Crippen molar-refractivity contribution in [3.8, 4) is 5.75 Å². The molecular formula is C16H24N2O3. The number of carbonyl (C=O) groups is 1. The smallest absolute Gasteiger partial charge is 0.322 e. The molecule has 0 saturated carbocycles. The molecule has 1 aromatic carbocycles. The molecule has 2 rings (SSSR count). The highest BCUT2D eigenvalue weighted by Crippen LogP contribution is 2.18. The van der Waals surface area contributed by atoms with Crippen LogP contribution in [0, 0.1) is 0 Å². The number of carbonyl (C=O) groups excluding carboxylic acids is 1. The van der Waals surface area contributed by atoms with Crippen LogP contribution in [0.1, 0.15) is 27.7 Å². The quantitative estimate of drug-likeness (QED) is 0.931. The lowest BCUT2D eigenvalue weighted by Crippen LogP contribution is -2.49. The van der Waals surface area contributed by atoms with Crippen LogP contribution in [-0.4, -0.2) is 42.3 Å². The third-order valence-electron chi connectivity index (χ3n) is 3.18. The van der Waals surface area contributed by atoms with Gasteiger partial charge >= 0.3 is 6.03 Å². The zero-order valence-corrected chi connectivity index (χ0v) is 13.1. The number of hydrogen-bond donors (Lipinski definition) is 1. The highest BCUT2D eigenvalue weighted by Gasteiger charge is 2.25. The van der Waals surface area contributed by atoms with Crippen molar-refractivity contribution >= 4 is 11.7 Å². The Labute approximate surface area is 126 Å². The summed E-state index contributed by atoms with van der Waals surface area (Å²) >= 11 is 0. The second kappa shape index (κ2) is 6.80. The van der Waals surface area contributed by atoms with Crippen LogP contribution in [-0.2, 0) is 4.74 Å². The lowest BCUT2D eigenvalue weighted by molar-refractivity contribution is -0.0530. The predicted molar refractivity (Wildman–Crippen MR) is 82.8 cm³/mol. The molecular weight excluding hydrogens is 268 g/mol. The van der Waals surface area contributed by atoms with Gasteiger partial charge in [0.2, 0.25) is 0 Å². The van der Waals surface area contributed by atoms with E-state index < -0.39 is 0 Å². The molecule has 5 heteroatoms. The number of nitrogens with one attached hydrogen (secondary N) is 1. The van der Waals surface area contributed by atoms with Crippen LogP contribution in [0.5, 0.6) is 5.75 Å².